The fourth-order valence-corrected chi connectivity index (χ4v) is 0.932. The first kappa shape index (κ1) is 8.48. The molecule has 0 aliphatic heterocycles. The molecule has 0 aliphatic carbocycles. The third-order valence-corrected chi connectivity index (χ3v) is 1.51. The van der Waals surface area contributed by atoms with Crippen molar-refractivity contribution in [2.24, 2.45) is 0 Å². The molecule has 0 saturated carbocycles. The Morgan fingerprint density at radius 3 is 3.17 bits per heavy atom. The molecule has 2 heteroatoms. The van der Waals surface area contributed by atoms with Crippen molar-refractivity contribution >= 4 is 0 Å². The minimum atomic E-state index is 0.902. The first-order valence-corrected chi connectivity index (χ1v) is 3.87. The monoisotopic (exact) mass is 158 g/mol. The normalized spacial score (nSPS) is 9.92. The molecule has 12 heavy (non-hydrogen) atoms. The van der Waals surface area contributed by atoms with E-state index in [0.717, 1.165) is 12.8 Å². The maximum Gasteiger partial charge on any atom is 0.0908 e. The number of rotatable bonds is 3. The fraction of sp³-hybridized carbons (Fsp3) is 0.200. The van der Waals surface area contributed by atoms with E-state index >= 15 is 0 Å². The van der Waals surface area contributed by atoms with E-state index in [0.29, 0.717) is 0 Å². The number of hydrogen-bond acceptors (Lipinski definition) is 2. The second-order valence-corrected chi connectivity index (χ2v) is 2.43. The Balaban J connectivity index is 2.35. The van der Waals surface area contributed by atoms with Crippen molar-refractivity contribution in [1.29, 1.82) is 5.26 Å². The molecular weight excluding hydrogens is 148 g/mol. The van der Waals surface area contributed by atoms with E-state index in [4.69, 9.17) is 5.26 Å². The van der Waals surface area contributed by atoms with Crippen LogP contribution in [0, 0.1) is 11.3 Å². The van der Waals surface area contributed by atoms with Gasteiger partial charge in [0, 0.05) is 18.5 Å². The molecule has 0 aliphatic rings. The highest BCUT2D eigenvalue weighted by atomic mass is 14.6. The first-order chi connectivity index (χ1) is 5.93. The van der Waals surface area contributed by atoms with Crippen molar-refractivity contribution in [1.82, 2.24) is 4.98 Å². The quantitative estimate of drug-likeness (QED) is 0.631. The Kier molecular flexibility index (Phi) is 3.59. The highest BCUT2D eigenvalue weighted by molar-refractivity contribution is 5.10. The molecule has 2 nitrogen and oxygen atoms in total. The second kappa shape index (κ2) is 5.09. The van der Waals surface area contributed by atoms with E-state index < -0.39 is 0 Å². The summed E-state index contributed by atoms with van der Waals surface area (Å²) in [6, 6.07) is 5.91. The molecule has 1 heterocycles. The molecule has 0 radical (unpaired) electrons. The van der Waals surface area contributed by atoms with Gasteiger partial charge in [0.05, 0.1) is 6.07 Å². The summed E-state index contributed by atoms with van der Waals surface area (Å²) in [5.41, 5.74) is 1.21. The lowest BCUT2D eigenvalue weighted by Crippen LogP contribution is -1.83. The molecule has 0 spiro atoms. The van der Waals surface area contributed by atoms with Crippen LogP contribution in [0.25, 0.3) is 0 Å². The molecule has 0 unspecified atom stereocenters. The van der Waals surface area contributed by atoms with E-state index in [-0.39, 0.29) is 0 Å². The highest BCUT2D eigenvalue weighted by Crippen LogP contribution is 2.00. The van der Waals surface area contributed by atoms with E-state index in [9.17, 15) is 0 Å². The smallest absolute Gasteiger partial charge is 0.0908 e. The molecule has 0 bridgehead atoms. The lowest BCUT2D eigenvalue weighted by molar-refractivity contribution is 0.987. The Morgan fingerprint density at radius 1 is 1.58 bits per heavy atom. The van der Waals surface area contributed by atoms with Gasteiger partial charge in [-0.15, -0.1) is 0 Å². The topological polar surface area (TPSA) is 36.7 Å². The first-order valence-electron chi connectivity index (χ1n) is 3.87. The summed E-state index contributed by atoms with van der Waals surface area (Å²) in [5.74, 6) is 0. The SMILES string of the molecule is N#CC=CCCc1cccnc1. The van der Waals surface area contributed by atoms with Crippen LogP contribution in [0.4, 0.5) is 0 Å². The molecule has 0 amide bonds. The van der Waals surface area contributed by atoms with Gasteiger partial charge in [-0.25, -0.2) is 0 Å². The number of pyridine rings is 1. The zero-order valence-corrected chi connectivity index (χ0v) is 6.77. The number of aromatic nitrogens is 1. The van der Waals surface area contributed by atoms with Gasteiger partial charge >= 0.3 is 0 Å². The largest absolute Gasteiger partial charge is 0.264 e. The predicted molar refractivity (Wildman–Crippen MR) is 47.3 cm³/mol. The number of nitrogens with zero attached hydrogens (tertiary/aromatic N) is 2. The van der Waals surface area contributed by atoms with Crippen LogP contribution in [0.2, 0.25) is 0 Å². The summed E-state index contributed by atoms with van der Waals surface area (Å²) >= 11 is 0. The molecule has 1 aromatic rings. The van der Waals surface area contributed by atoms with Crippen LogP contribution in [0.1, 0.15) is 12.0 Å². The average molecular weight is 158 g/mol. The minimum absolute atomic E-state index is 0.902. The third-order valence-electron chi connectivity index (χ3n) is 1.51. The van der Waals surface area contributed by atoms with Crippen LogP contribution in [-0.4, -0.2) is 4.98 Å². The fourth-order valence-electron chi connectivity index (χ4n) is 0.932. The molecule has 1 rings (SSSR count). The summed E-state index contributed by atoms with van der Waals surface area (Å²) in [7, 11) is 0. The van der Waals surface area contributed by atoms with Gasteiger partial charge in [0.25, 0.3) is 0 Å². The van der Waals surface area contributed by atoms with Crippen LogP contribution in [0.5, 0.6) is 0 Å². The maximum atomic E-state index is 8.21. The van der Waals surface area contributed by atoms with Crippen molar-refractivity contribution < 1.29 is 0 Å². The number of nitriles is 1. The Bertz CT molecular complexity index is 282. The number of hydrogen-bond donors (Lipinski definition) is 0. The Morgan fingerprint density at radius 2 is 2.50 bits per heavy atom. The highest BCUT2D eigenvalue weighted by Gasteiger charge is 1.87. The van der Waals surface area contributed by atoms with Crippen LogP contribution in [0.15, 0.2) is 36.7 Å². The van der Waals surface area contributed by atoms with Crippen molar-refractivity contribution in [2.75, 3.05) is 0 Å². The van der Waals surface area contributed by atoms with Crippen molar-refractivity contribution in [3.05, 3.63) is 42.2 Å². The molecule has 0 aromatic carbocycles. The summed E-state index contributed by atoms with van der Waals surface area (Å²) in [5, 5.41) is 8.21. The van der Waals surface area contributed by atoms with Crippen LogP contribution < -0.4 is 0 Å². The summed E-state index contributed by atoms with van der Waals surface area (Å²) in [4.78, 5) is 3.99. The molecule has 0 N–H and O–H groups in total. The zero-order chi connectivity index (χ0) is 8.65. The van der Waals surface area contributed by atoms with Crippen molar-refractivity contribution in [2.45, 2.75) is 12.8 Å². The van der Waals surface area contributed by atoms with Crippen molar-refractivity contribution in [3.63, 3.8) is 0 Å². The summed E-state index contributed by atoms with van der Waals surface area (Å²) < 4.78 is 0. The second-order valence-electron chi connectivity index (χ2n) is 2.43. The number of allylic oxidation sites excluding steroid dienone is 2. The van der Waals surface area contributed by atoms with Crippen LogP contribution in [0.3, 0.4) is 0 Å². The summed E-state index contributed by atoms with van der Waals surface area (Å²) in [6.45, 7) is 0. The van der Waals surface area contributed by atoms with Gasteiger partial charge in [-0.2, -0.15) is 5.26 Å². The third kappa shape index (κ3) is 2.98. The van der Waals surface area contributed by atoms with Crippen LogP contribution >= 0.6 is 0 Å². The molecule has 0 atom stereocenters. The maximum absolute atomic E-state index is 8.21. The zero-order valence-electron chi connectivity index (χ0n) is 6.77. The van der Waals surface area contributed by atoms with Gasteiger partial charge in [0.2, 0.25) is 0 Å². The predicted octanol–water partition coefficient (Wildman–Crippen LogP) is 2.09. The Labute approximate surface area is 72.2 Å². The van der Waals surface area contributed by atoms with Gasteiger partial charge in [0.15, 0.2) is 0 Å². The van der Waals surface area contributed by atoms with Gasteiger partial charge in [-0.05, 0) is 24.5 Å². The molecule has 1 aromatic heterocycles. The molecular formula is C10H10N2. The molecule has 0 fully saturated rings. The van der Waals surface area contributed by atoms with Gasteiger partial charge < -0.3 is 0 Å². The van der Waals surface area contributed by atoms with E-state index in [2.05, 4.69) is 4.98 Å². The lowest BCUT2D eigenvalue weighted by Gasteiger charge is -1.94. The van der Waals surface area contributed by atoms with E-state index in [1.807, 2.05) is 30.5 Å². The molecule has 60 valence electrons. The number of aryl methyl sites for hydroxylation is 1. The van der Waals surface area contributed by atoms with E-state index in [1.165, 1.54) is 11.6 Å². The lowest BCUT2D eigenvalue weighted by atomic mass is 10.1. The van der Waals surface area contributed by atoms with Gasteiger partial charge in [-0.1, -0.05) is 12.1 Å². The summed E-state index contributed by atoms with van der Waals surface area (Å²) in [6.07, 6.45) is 8.84. The average Bonchev–Trinajstić information content (AvgIpc) is 2.14. The van der Waals surface area contributed by atoms with Crippen LogP contribution in [-0.2, 0) is 6.42 Å². The van der Waals surface area contributed by atoms with Gasteiger partial charge in [-0.3, -0.25) is 4.98 Å². The minimum Gasteiger partial charge on any atom is -0.264 e. The van der Waals surface area contributed by atoms with Crippen molar-refractivity contribution in [3.8, 4) is 6.07 Å². The Hall–Kier alpha value is -1.62. The van der Waals surface area contributed by atoms with Gasteiger partial charge in [0.1, 0.15) is 0 Å². The van der Waals surface area contributed by atoms with E-state index in [1.54, 1.807) is 6.20 Å². The standard InChI is InChI=1S/C10H10N2/c11-7-3-1-2-5-10-6-4-8-12-9-10/h1,3-4,6,8-9H,2,5H2. The molecule has 0 saturated heterocycles.